The first kappa shape index (κ1) is 13.2. The van der Waals surface area contributed by atoms with Gasteiger partial charge in [-0.25, -0.2) is 0 Å². The third-order valence-electron chi connectivity index (χ3n) is 2.08. The first-order chi connectivity index (χ1) is 7.15. The number of amides is 1. The molecule has 15 heavy (non-hydrogen) atoms. The molecule has 2 N–H and O–H groups in total. The Hall–Kier alpha value is 0.170. The molecule has 0 aromatic rings. The quantitative estimate of drug-likeness (QED) is 0.308. The molecule has 1 aliphatic heterocycles. The Bertz CT molecular complexity index is 302. The lowest BCUT2D eigenvalue weighted by Gasteiger charge is -2.27. The van der Waals surface area contributed by atoms with Gasteiger partial charge in [-0.15, -0.1) is 0 Å². The van der Waals surface area contributed by atoms with Crippen LogP contribution in [0.15, 0.2) is 21.6 Å². The van der Waals surface area contributed by atoms with Gasteiger partial charge in [-0.1, -0.05) is 0 Å². The second kappa shape index (κ2) is 6.69. The number of carbonyl (C=O) groups is 1. The molecule has 0 spiro atoms. The molecule has 0 aromatic heterocycles. The van der Waals surface area contributed by atoms with Gasteiger partial charge in [-0.2, -0.15) is 0 Å². The molecule has 1 saturated heterocycles. The first-order valence-electron chi connectivity index (χ1n) is 4.57. The third-order valence-corrected chi connectivity index (χ3v) is 4.32. The summed E-state index contributed by atoms with van der Waals surface area (Å²) < 4.78 is 4.03. The summed E-state index contributed by atoms with van der Waals surface area (Å²) >= 11 is 4.27. The van der Waals surface area contributed by atoms with Crippen molar-refractivity contribution in [3.8, 4) is 0 Å². The lowest BCUT2D eigenvalue weighted by molar-refractivity contribution is -0.129. The van der Waals surface area contributed by atoms with E-state index in [1.807, 2.05) is 24.0 Å². The van der Waals surface area contributed by atoms with E-state index in [1.54, 1.807) is 0 Å². The fraction of sp³-hybridized carbons (Fsp3) is 0.444. The molecule has 1 aliphatic rings. The number of nitrogens with zero attached hydrogens (tertiary/aromatic N) is 1. The topological polar surface area (TPSA) is 44.4 Å². The van der Waals surface area contributed by atoms with Gasteiger partial charge in [-0.3, -0.25) is 4.79 Å². The molecule has 0 atom stereocenters. The fourth-order valence-electron chi connectivity index (χ4n) is 1.29. The molecule has 0 aliphatic carbocycles. The Kier molecular flexibility index (Phi) is 5.90. The zero-order chi connectivity index (χ0) is 11.3. The zero-order valence-corrected chi connectivity index (χ0v) is 12.7. The van der Waals surface area contributed by atoms with Gasteiger partial charge in [0.05, 0.1) is 33.1 Å². The lowest BCUT2D eigenvalue weighted by atomic mass is 10.3. The summed E-state index contributed by atoms with van der Waals surface area (Å²) in [6.07, 6.45) is 3.91. The van der Waals surface area contributed by atoms with Crippen LogP contribution in [-0.2, 0) is 4.79 Å². The number of halogens is 2. The normalized spacial score (nSPS) is 19.4. The van der Waals surface area contributed by atoms with Crippen LogP contribution in [0.4, 0.5) is 0 Å². The van der Waals surface area contributed by atoms with Crippen molar-refractivity contribution in [1.29, 1.82) is 0 Å². The van der Waals surface area contributed by atoms with E-state index < -0.39 is 0 Å². The van der Waals surface area contributed by atoms with Gasteiger partial charge in [0.25, 0.3) is 0 Å². The summed E-state index contributed by atoms with van der Waals surface area (Å²) in [6, 6.07) is 0. The number of carbonyl (C=O) groups excluding carboxylic acids is 1. The minimum Gasteiger partial charge on any atom is -0.323 e. The monoisotopic (exact) mass is 433 g/mol. The minimum atomic E-state index is 0.140. The van der Waals surface area contributed by atoms with Crippen molar-refractivity contribution in [2.75, 3.05) is 19.6 Å². The molecule has 6 heteroatoms. The highest BCUT2D eigenvalue weighted by molar-refractivity contribution is 14.1. The van der Waals surface area contributed by atoms with Crippen molar-refractivity contribution in [2.45, 2.75) is 6.92 Å². The number of hydrogen-bond donors (Lipinski definition) is 2. The summed E-state index contributed by atoms with van der Waals surface area (Å²) in [5.74, 6) is 0.140. The molecule has 1 heterocycles. The summed E-state index contributed by atoms with van der Waals surface area (Å²) in [5, 5.41) is 3.05. The van der Waals surface area contributed by atoms with E-state index in [-0.39, 0.29) is 5.91 Å². The number of allylic oxidation sites excluding steroid dienone is 3. The maximum atomic E-state index is 11.5. The fourth-order valence-corrected chi connectivity index (χ4v) is 1.65. The van der Waals surface area contributed by atoms with Crippen molar-refractivity contribution < 1.29 is 4.79 Å². The Morgan fingerprint density at radius 1 is 1.60 bits per heavy atom. The highest BCUT2D eigenvalue weighted by Gasteiger charge is 2.17. The molecule has 0 saturated carbocycles. The molecule has 0 radical (unpaired) electrons. The van der Waals surface area contributed by atoms with E-state index in [4.69, 9.17) is 0 Å². The first-order valence-corrected chi connectivity index (χ1v) is 6.72. The highest BCUT2D eigenvalue weighted by atomic mass is 127. The van der Waals surface area contributed by atoms with Crippen LogP contribution in [0.3, 0.4) is 0 Å². The maximum Gasteiger partial charge on any atom is 0.240 e. The van der Waals surface area contributed by atoms with Crippen molar-refractivity contribution in [2.24, 2.45) is 0 Å². The molecule has 1 amide bonds. The summed E-state index contributed by atoms with van der Waals surface area (Å²) in [4.78, 5) is 13.3. The minimum absolute atomic E-state index is 0.140. The Labute approximate surface area is 117 Å². The molecule has 1 rings (SSSR count). The third kappa shape index (κ3) is 4.27. The van der Waals surface area contributed by atoms with Crippen LogP contribution < -0.4 is 8.85 Å². The highest BCUT2D eigenvalue weighted by Crippen LogP contribution is 2.09. The van der Waals surface area contributed by atoms with Crippen LogP contribution in [0.25, 0.3) is 0 Å². The molecule has 0 aromatic carbocycles. The molecular weight excluding hydrogens is 420 g/mol. The van der Waals surface area contributed by atoms with Gasteiger partial charge in [0.15, 0.2) is 0 Å². The summed E-state index contributed by atoms with van der Waals surface area (Å²) in [7, 11) is 0. The Balaban J connectivity index is 2.65. The predicted octanol–water partition coefficient (Wildman–Crippen LogP) is 1.54. The molecule has 1 fully saturated rings. The number of hydrogen-bond acceptors (Lipinski definition) is 3. The number of piperazine rings is 1. The molecule has 84 valence electrons. The van der Waals surface area contributed by atoms with Crippen LogP contribution >= 0.6 is 45.5 Å². The molecule has 4 nitrogen and oxygen atoms in total. The number of nitrogens with one attached hydrogen (secondary N) is 2. The smallest absolute Gasteiger partial charge is 0.240 e. The van der Waals surface area contributed by atoms with E-state index in [0.717, 1.165) is 22.5 Å². The molecule has 0 unspecified atom stereocenters. The average molecular weight is 433 g/mol. The molecular formula is C9H13I2N3O. The Morgan fingerprint density at radius 2 is 2.33 bits per heavy atom. The summed E-state index contributed by atoms with van der Waals surface area (Å²) in [6.45, 7) is 4.01. The second-order valence-electron chi connectivity index (χ2n) is 3.14. The van der Waals surface area contributed by atoms with Gasteiger partial charge < -0.3 is 13.7 Å². The zero-order valence-electron chi connectivity index (χ0n) is 8.39. The summed E-state index contributed by atoms with van der Waals surface area (Å²) in [5.41, 5.74) is 0.988. The Morgan fingerprint density at radius 3 is 2.93 bits per heavy atom. The van der Waals surface area contributed by atoms with E-state index in [1.165, 1.54) is 0 Å². The van der Waals surface area contributed by atoms with Crippen molar-refractivity contribution in [1.82, 2.24) is 13.7 Å². The molecule has 0 bridgehead atoms. The predicted molar refractivity (Wildman–Crippen MR) is 77.6 cm³/mol. The van der Waals surface area contributed by atoms with Crippen LogP contribution in [0, 0.1) is 0 Å². The van der Waals surface area contributed by atoms with Crippen LogP contribution in [0.2, 0.25) is 0 Å². The van der Waals surface area contributed by atoms with Gasteiger partial charge in [0, 0.05) is 18.8 Å². The standard InChI is InChI=1S/C9H13I2N3O/c1-7(2-3-8(10)13-11)14-5-4-12-6-9(14)15/h2-3,12-13H,4-6H2,1H3/b7-2+,8-3-. The van der Waals surface area contributed by atoms with Gasteiger partial charge in [0.2, 0.25) is 5.91 Å². The van der Waals surface area contributed by atoms with E-state index >= 15 is 0 Å². The maximum absolute atomic E-state index is 11.5. The van der Waals surface area contributed by atoms with Gasteiger partial charge >= 0.3 is 0 Å². The van der Waals surface area contributed by atoms with Crippen LogP contribution in [-0.4, -0.2) is 30.4 Å². The van der Waals surface area contributed by atoms with Crippen molar-refractivity contribution >= 4 is 51.4 Å². The second-order valence-corrected chi connectivity index (χ2v) is 4.84. The van der Waals surface area contributed by atoms with E-state index in [0.29, 0.717) is 6.54 Å². The van der Waals surface area contributed by atoms with Crippen LogP contribution in [0.5, 0.6) is 0 Å². The van der Waals surface area contributed by atoms with E-state index in [2.05, 4.69) is 54.3 Å². The largest absolute Gasteiger partial charge is 0.323 e. The van der Waals surface area contributed by atoms with E-state index in [9.17, 15) is 4.79 Å². The van der Waals surface area contributed by atoms with Gasteiger partial charge in [-0.05, 0) is 41.7 Å². The SMILES string of the molecule is C/C(=C\C=C(\I)NI)N1CCNCC1=O. The number of rotatable bonds is 3. The van der Waals surface area contributed by atoms with Gasteiger partial charge in [0.1, 0.15) is 0 Å². The van der Waals surface area contributed by atoms with Crippen molar-refractivity contribution in [3.05, 3.63) is 21.6 Å². The average Bonchev–Trinajstić information content (AvgIpc) is 2.26. The lowest BCUT2D eigenvalue weighted by Crippen LogP contribution is -2.46. The van der Waals surface area contributed by atoms with Crippen LogP contribution in [0.1, 0.15) is 6.92 Å². The van der Waals surface area contributed by atoms with Crippen molar-refractivity contribution in [3.63, 3.8) is 0 Å².